The van der Waals surface area contributed by atoms with Gasteiger partial charge in [-0.1, -0.05) is 30.3 Å². The minimum atomic E-state index is -3.53. The first kappa shape index (κ1) is 22.0. The highest BCUT2D eigenvalue weighted by atomic mass is 32.2. The Hall–Kier alpha value is -2.71. The lowest BCUT2D eigenvalue weighted by Crippen LogP contribution is -2.34. The van der Waals surface area contributed by atoms with Crippen LogP contribution in [0, 0.1) is 0 Å². The molecule has 0 aliphatic carbocycles. The van der Waals surface area contributed by atoms with Gasteiger partial charge >= 0.3 is 5.97 Å². The lowest BCUT2D eigenvalue weighted by atomic mass is 10.2. The maximum atomic E-state index is 12.5. The smallest absolute Gasteiger partial charge is 0.338 e. The van der Waals surface area contributed by atoms with Crippen molar-refractivity contribution in [2.24, 2.45) is 0 Å². The summed E-state index contributed by atoms with van der Waals surface area (Å²) in [7, 11) is -3.53. The van der Waals surface area contributed by atoms with Crippen LogP contribution in [0.5, 0.6) is 0 Å². The molecule has 0 unspecified atom stereocenters. The third-order valence-corrected chi connectivity index (χ3v) is 6.98. The van der Waals surface area contributed by atoms with Crippen LogP contribution in [0.15, 0.2) is 59.5 Å². The number of carbonyl (C=O) groups is 2. The Morgan fingerprint density at radius 2 is 1.63 bits per heavy atom. The zero-order valence-corrected chi connectivity index (χ0v) is 17.8. The number of hydrogen-bond acceptors (Lipinski definition) is 5. The molecule has 0 aromatic heterocycles. The minimum Gasteiger partial charge on any atom is -0.452 e. The van der Waals surface area contributed by atoms with Crippen molar-refractivity contribution in [3.8, 4) is 0 Å². The normalized spacial score (nSPS) is 14.4. The molecule has 8 heteroatoms. The van der Waals surface area contributed by atoms with Gasteiger partial charge in [0.1, 0.15) is 0 Å². The summed E-state index contributed by atoms with van der Waals surface area (Å²) in [6, 6.07) is 15.2. The molecule has 1 heterocycles. The molecule has 30 heavy (non-hydrogen) atoms. The van der Waals surface area contributed by atoms with Gasteiger partial charge in [0.2, 0.25) is 10.0 Å². The quantitative estimate of drug-likeness (QED) is 0.601. The number of nitrogens with zero attached hydrogens (tertiary/aromatic N) is 2. The molecule has 160 valence electrons. The zero-order valence-electron chi connectivity index (χ0n) is 17.0. The standard InChI is InChI=1S/C22H26N2O5S/c1-2-23(16-18-8-4-3-5-9-18)21(25)17-29-22(26)19-10-12-20(13-11-19)30(27,28)24-14-6-7-15-24/h3-5,8-13H,2,6-7,14-17H2,1H3. The first-order chi connectivity index (χ1) is 14.4. The number of likely N-dealkylation sites (N-methyl/N-ethyl adjacent to an activating group) is 1. The highest BCUT2D eigenvalue weighted by Crippen LogP contribution is 2.21. The third kappa shape index (κ3) is 5.25. The molecular weight excluding hydrogens is 404 g/mol. The van der Waals surface area contributed by atoms with Crippen LogP contribution in [0.1, 0.15) is 35.7 Å². The average Bonchev–Trinajstić information content (AvgIpc) is 3.32. The number of hydrogen-bond donors (Lipinski definition) is 0. The Morgan fingerprint density at radius 1 is 1.00 bits per heavy atom. The van der Waals surface area contributed by atoms with E-state index in [9.17, 15) is 18.0 Å². The van der Waals surface area contributed by atoms with Crippen LogP contribution >= 0.6 is 0 Å². The van der Waals surface area contributed by atoms with Crippen LogP contribution in [-0.4, -0.2) is 55.7 Å². The van der Waals surface area contributed by atoms with Crippen molar-refractivity contribution in [2.45, 2.75) is 31.2 Å². The predicted octanol–water partition coefficient (Wildman–Crippen LogP) is 2.68. The van der Waals surface area contributed by atoms with Gasteiger partial charge in [0.25, 0.3) is 5.91 Å². The van der Waals surface area contributed by atoms with E-state index < -0.39 is 16.0 Å². The van der Waals surface area contributed by atoms with Crippen LogP contribution < -0.4 is 0 Å². The fraction of sp³-hybridized carbons (Fsp3) is 0.364. The van der Waals surface area contributed by atoms with Crippen LogP contribution in [0.3, 0.4) is 0 Å². The maximum absolute atomic E-state index is 12.5. The topological polar surface area (TPSA) is 84.0 Å². The van der Waals surface area contributed by atoms with E-state index in [0.29, 0.717) is 26.2 Å². The molecule has 0 spiro atoms. The second kappa shape index (κ2) is 9.86. The van der Waals surface area contributed by atoms with Gasteiger partial charge in [0.15, 0.2) is 6.61 Å². The lowest BCUT2D eigenvalue weighted by molar-refractivity contribution is -0.134. The van der Waals surface area contributed by atoms with Gasteiger partial charge in [-0.3, -0.25) is 4.79 Å². The number of carbonyl (C=O) groups excluding carboxylic acids is 2. The van der Waals surface area contributed by atoms with Crippen molar-refractivity contribution < 1.29 is 22.7 Å². The summed E-state index contributed by atoms with van der Waals surface area (Å²) in [5.74, 6) is -0.952. The van der Waals surface area contributed by atoms with Crippen molar-refractivity contribution in [1.82, 2.24) is 9.21 Å². The Labute approximate surface area is 177 Å². The van der Waals surface area contributed by atoms with Crippen molar-refractivity contribution in [1.29, 1.82) is 0 Å². The molecular formula is C22H26N2O5S. The van der Waals surface area contributed by atoms with E-state index in [1.165, 1.54) is 28.6 Å². The third-order valence-electron chi connectivity index (χ3n) is 5.07. The van der Waals surface area contributed by atoms with E-state index in [-0.39, 0.29) is 23.0 Å². The first-order valence-corrected chi connectivity index (χ1v) is 11.4. The maximum Gasteiger partial charge on any atom is 0.338 e. The van der Waals surface area contributed by atoms with Crippen molar-refractivity contribution >= 4 is 21.9 Å². The summed E-state index contributed by atoms with van der Waals surface area (Å²) in [5, 5.41) is 0. The number of rotatable bonds is 8. The average molecular weight is 431 g/mol. The van der Waals surface area contributed by atoms with Gasteiger partial charge < -0.3 is 9.64 Å². The Balaban J connectivity index is 1.57. The van der Waals surface area contributed by atoms with E-state index in [1.54, 1.807) is 4.90 Å². The summed E-state index contributed by atoms with van der Waals surface area (Å²) in [6.07, 6.45) is 1.72. The van der Waals surface area contributed by atoms with Crippen molar-refractivity contribution in [3.05, 3.63) is 65.7 Å². The second-order valence-corrected chi connectivity index (χ2v) is 9.04. The molecule has 0 radical (unpaired) electrons. The summed E-state index contributed by atoms with van der Waals surface area (Å²) < 4.78 is 31.7. The molecule has 1 aliphatic rings. The van der Waals surface area contributed by atoms with Gasteiger partial charge in [0.05, 0.1) is 10.5 Å². The number of ether oxygens (including phenoxy) is 1. The summed E-state index contributed by atoms with van der Waals surface area (Å²) >= 11 is 0. The first-order valence-electron chi connectivity index (χ1n) is 10.0. The molecule has 3 rings (SSSR count). The molecule has 2 aromatic rings. The SMILES string of the molecule is CCN(Cc1ccccc1)C(=O)COC(=O)c1ccc(S(=O)(=O)N2CCCC2)cc1. The van der Waals surface area contributed by atoms with Gasteiger partial charge in [0, 0.05) is 26.2 Å². The molecule has 1 amide bonds. The lowest BCUT2D eigenvalue weighted by Gasteiger charge is -2.21. The van der Waals surface area contributed by atoms with Gasteiger partial charge in [-0.2, -0.15) is 4.31 Å². The molecule has 0 atom stereocenters. The van der Waals surface area contributed by atoms with Crippen LogP contribution in [-0.2, 0) is 26.1 Å². The molecule has 0 saturated carbocycles. The fourth-order valence-corrected chi connectivity index (χ4v) is 4.84. The van der Waals surface area contributed by atoms with Crippen molar-refractivity contribution in [2.75, 3.05) is 26.2 Å². The minimum absolute atomic E-state index is 0.150. The summed E-state index contributed by atoms with van der Waals surface area (Å²) in [5.41, 5.74) is 1.20. The Bertz CT molecular complexity index is 968. The van der Waals surface area contributed by atoms with E-state index in [1.807, 2.05) is 37.3 Å². The summed E-state index contributed by atoms with van der Waals surface area (Å²) in [4.78, 5) is 26.4. The molecule has 0 bridgehead atoms. The second-order valence-electron chi connectivity index (χ2n) is 7.11. The Kier molecular flexibility index (Phi) is 7.23. The van der Waals surface area contributed by atoms with E-state index in [4.69, 9.17) is 4.74 Å². The molecule has 1 fully saturated rings. The Morgan fingerprint density at radius 3 is 2.23 bits per heavy atom. The predicted molar refractivity (Wildman–Crippen MR) is 112 cm³/mol. The largest absolute Gasteiger partial charge is 0.452 e. The zero-order chi connectivity index (χ0) is 21.6. The highest BCUT2D eigenvalue weighted by molar-refractivity contribution is 7.89. The van der Waals surface area contributed by atoms with E-state index in [0.717, 1.165) is 18.4 Å². The number of esters is 1. The molecule has 2 aromatic carbocycles. The van der Waals surface area contributed by atoms with Crippen LogP contribution in [0.4, 0.5) is 0 Å². The number of sulfonamides is 1. The molecule has 1 saturated heterocycles. The van der Waals surface area contributed by atoms with Crippen LogP contribution in [0.2, 0.25) is 0 Å². The van der Waals surface area contributed by atoms with Crippen molar-refractivity contribution in [3.63, 3.8) is 0 Å². The number of benzene rings is 2. The fourth-order valence-electron chi connectivity index (χ4n) is 3.32. The molecule has 0 N–H and O–H groups in total. The number of amides is 1. The highest BCUT2D eigenvalue weighted by Gasteiger charge is 2.27. The molecule has 7 nitrogen and oxygen atoms in total. The van der Waals surface area contributed by atoms with E-state index in [2.05, 4.69) is 0 Å². The monoisotopic (exact) mass is 430 g/mol. The van der Waals surface area contributed by atoms with Gasteiger partial charge in [-0.05, 0) is 49.6 Å². The van der Waals surface area contributed by atoms with E-state index >= 15 is 0 Å². The molecule has 1 aliphatic heterocycles. The van der Waals surface area contributed by atoms with Gasteiger partial charge in [-0.25, -0.2) is 13.2 Å². The summed E-state index contributed by atoms with van der Waals surface area (Å²) in [6.45, 7) is 3.47. The van der Waals surface area contributed by atoms with Gasteiger partial charge in [-0.15, -0.1) is 0 Å². The van der Waals surface area contributed by atoms with Crippen LogP contribution in [0.25, 0.3) is 0 Å².